The molecule has 1 aromatic carbocycles. The molecule has 17 heavy (non-hydrogen) atoms. The van der Waals surface area contributed by atoms with Crippen LogP contribution in [-0.2, 0) is 11.2 Å². The van der Waals surface area contributed by atoms with Crippen molar-refractivity contribution >= 4 is 5.91 Å². The van der Waals surface area contributed by atoms with Crippen molar-refractivity contribution in [2.75, 3.05) is 6.54 Å². The van der Waals surface area contributed by atoms with Crippen LogP contribution >= 0.6 is 0 Å². The minimum Gasteiger partial charge on any atom is -0.393 e. The van der Waals surface area contributed by atoms with E-state index in [0.29, 0.717) is 13.0 Å². The summed E-state index contributed by atoms with van der Waals surface area (Å²) in [6.45, 7) is 2.50. The molecule has 1 amide bonds. The van der Waals surface area contributed by atoms with Crippen LogP contribution in [0.25, 0.3) is 0 Å². The van der Waals surface area contributed by atoms with Crippen molar-refractivity contribution in [2.45, 2.75) is 38.2 Å². The molecule has 1 aliphatic carbocycles. The molecule has 0 fully saturated rings. The van der Waals surface area contributed by atoms with E-state index in [9.17, 15) is 9.90 Å². The first-order chi connectivity index (χ1) is 8.22. The van der Waals surface area contributed by atoms with E-state index in [1.807, 2.05) is 25.1 Å². The lowest BCUT2D eigenvalue weighted by Gasteiger charge is -2.28. The van der Waals surface area contributed by atoms with E-state index in [0.717, 1.165) is 18.4 Å². The fourth-order valence-electron chi connectivity index (χ4n) is 2.18. The van der Waals surface area contributed by atoms with Crippen molar-refractivity contribution in [3.8, 4) is 0 Å². The summed E-state index contributed by atoms with van der Waals surface area (Å²) in [6, 6.07) is 8.06. The number of benzene rings is 1. The number of carbonyl (C=O) groups excluding carboxylic acids is 1. The van der Waals surface area contributed by atoms with Crippen molar-refractivity contribution < 1.29 is 9.90 Å². The zero-order valence-electron chi connectivity index (χ0n) is 10.1. The first-order valence-corrected chi connectivity index (χ1v) is 6.26. The molecule has 0 heterocycles. The van der Waals surface area contributed by atoms with Gasteiger partial charge in [-0.25, -0.2) is 0 Å². The Bertz CT molecular complexity index is 403. The maximum Gasteiger partial charge on any atom is 0.227 e. The Kier molecular flexibility index (Phi) is 3.79. The van der Waals surface area contributed by atoms with E-state index in [4.69, 9.17) is 0 Å². The largest absolute Gasteiger partial charge is 0.393 e. The maximum absolute atomic E-state index is 11.9. The molecule has 0 aliphatic heterocycles. The van der Waals surface area contributed by atoms with Gasteiger partial charge in [0, 0.05) is 6.54 Å². The molecule has 3 heteroatoms. The number of rotatable bonds is 5. The third-order valence-electron chi connectivity index (χ3n) is 3.42. The van der Waals surface area contributed by atoms with Gasteiger partial charge in [-0.05, 0) is 30.4 Å². The highest BCUT2D eigenvalue weighted by Gasteiger charge is 2.31. The van der Waals surface area contributed by atoms with E-state index in [2.05, 4.69) is 11.4 Å². The summed E-state index contributed by atoms with van der Waals surface area (Å²) in [5.74, 6) is 0.108. The minimum atomic E-state index is -0.302. The predicted octanol–water partition coefficient (Wildman–Crippen LogP) is 1.60. The molecule has 1 aromatic rings. The molecule has 0 bridgehead atoms. The summed E-state index contributed by atoms with van der Waals surface area (Å²) in [4.78, 5) is 11.9. The summed E-state index contributed by atoms with van der Waals surface area (Å²) in [7, 11) is 0. The molecule has 0 saturated carbocycles. The molecule has 0 spiro atoms. The van der Waals surface area contributed by atoms with Crippen LogP contribution in [0.5, 0.6) is 0 Å². The number of fused-ring (bicyclic) bond motifs is 1. The van der Waals surface area contributed by atoms with Crippen LogP contribution in [0.3, 0.4) is 0 Å². The highest BCUT2D eigenvalue weighted by Crippen LogP contribution is 2.34. The van der Waals surface area contributed by atoms with Crippen molar-refractivity contribution in [3.05, 3.63) is 35.4 Å². The van der Waals surface area contributed by atoms with Gasteiger partial charge in [-0.1, -0.05) is 31.2 Å². The van der Waals surface area contributed by atoms with Crippen molar-refractivity contribution in [1.82, 2.24) is 5.32 Å². The van der Waals surface area contributed by atoms with Gasteiger partial charge in [-0.15, -0.1) is 0 Å². The standard InChI is InChI=1S/C14H19NO2/c1-2-11(16)7-8-15-14(17)13-9-10-5-3-4-6-12(10)13/h3-6,11,13,16H,2,7-9H2,1H3,(H,15,17). The van der Waals surface area contributed by atoms with Gasteiger partial charge in [0.25, 0.3) is 0 Å². The monoisotopic (exact) mass is 233 g/mol. The second kappa shape index (κ2) is 5.32. The number of aliphatic hydroxyl groups excluding tert-OH is 1. The number of amides is 1. The van der Waals surface area contributed by atoms with Crippen molar-refractivity contribution in [1.29, 1.82) is 0 Å². The number of aliphatic hydroxyl groups is 1. The Morgan fingerprint density at radius 2 is 2.29 bits per heavy atom. The summed E-state index contributed by atoms with van der Waals surface area (Å²) < 4.78 is 0. The van der Waals surface area contributed by atoms with Gasteiger partial charge in [0.05, 0.1) is 12.0 Å². The lowest BCUT2D eigenvalue weighted by Crippen LogP contribution is -2.36. The quantitative estimate of drug-likeness (QED) is 0.811. The average Bonchev–Trinajstić information content (AvgIpc) is 2.30. The summed E-state index contributed by atoms with van der Waals surface area (Å²) in [5.41, 5.74) is 2.43. The van der Waals surface area contributed by atoms with Crippen LogP contribution in [-0.4, -0.2) is 23.7 Å². The van der Waals surface area contributed by atoms with Crippen LogP contribution in [0.1, 0.15) is 36.8 Å². The highest BCUT2D eigenvalue weighted by molar-refractivity contribution is 5.86. The molecule has 2 N–H and O–H groups in total. The van der Waals surface area contributed by atoms with E-state index in [1.165, 1.54) is 5.56 Å². The Balaban J connectivity index is 1.80. The second-order valence-corrected chi connectivity index (χ2v) is 4.60. The van der Waals surface area contributed by atoms with Crippen molar-refractivity contribution in [3.63, 3.8) is 0 Å². The molecule has 0 aromatic heterocycles. The Morgan fingerprint density at radius 3 is 3.00 bits per heavy atom. The van der Waals surface area contributed by atoms with Gasteiger partial charge < -0.3 is 10.4 Å². The van der Waals surface area contributed by atoms with E-state index < -0.39 is 0 Å². The van der Waals surface area contributed by atoms with Crippen LogP contribution in [0.15, 0.2) is 24.3 Å². The molecular formula is C14H19NO2. The topological polar surface area (TPSA) is 49.3 Å². The minimum absolute atomic E-state index is 0.0185. The Labute approximate surface area is 102 Å². The van der Waals surface area contributed by atoms with Gasteiger partial charge in [0.15, 0.2) is 0 Å². The van der Waals surface area contributed by atoms with Crippen LogP contribution in [0.2, 0.25) is 0 Å². The SMILES string of the molecule is CCC(O)CCNC(=O)C1Cc2ccccc21. The third kappa shape index (κ3) is 2.67. The molecule has 1 aliphatic rings. The molecule has 2 rings (SSSR count). The Hall–Kier alpha value is -1.35. The molecule has 3 nitrogen and oxygen atoms in total. The fraction of sp³-hybridized carbons (Fsp3) is 0.500. The molecule has 2 atom stereocenters. The Morgan fingerprint density at radius 1 is 1.53 bits per heavy atom. The lowest BCUT2D eigenvalue weighted by molar-refractivity contribution is -0.123. The van der Waals surface area contributed by atoms with E-state index in [-0.39, 0.29) is 17.9 Å². The lowest BCUT2D eigenvalue weighted by atomic mass is 9.77. The zero-order valence-corrected chi connectivity index (χ0v) is 10.1. The maximum atomic E-state index is 11.9. The first kappa shape index (κ1) is 12.1. The van der Waals surface area contributed by atoms with E-state index >= 15 is 0 Å². The molecular weight excluding hydrogens is 214 g/mol. The highest BCUT2D eigenvalue weighted by atomic mass is 16.3. The summed E-state index contributed by atoms with van der Waals surface area (Å²) >= 11 is 0. The van der Waals surface area contributed by atoms with Crippen molar-refractivity contribution in [2.24, 2.45) is 0 Å². The summed E-state index contributed by atoms with van der Waals surface area (Å²) in [6.07, 6.45) is 1.92. The first-order valence-electron chi connectivity index (χ1n) is 6.26. The number of hydrogen-bond donors (Lipinski definition) is 2. The van der Waals surface area contributed by atoms with Crippen LogP contribution in [0.4, 0.5) is 0 Å². The summed E-state index contributed by atoms with van der Waals surface area (Å²) in [5, 5.41) is 12.3. The number of nitrogens with one attached hydrogen (secondary N) is 1. The fourth-order valence-corrected chi connectivity index (χ4v) is 2.18. The number of hydrogen-bond acceptors (Lipinski definition) is 2. The zero-order chi connectivity index (χ0) is 12.3. The van der Waals surface area contributed by atoms with Gasteiger partial charge in [0.2, 0.25) is 5.91 Å². The van der Waals surface area contributed by atoms with E-state index in [1.54, 1.807) is 0 Å². The van der Waals surface area contributed by atoms with Crippen LogP contribution in [0, 0.1) is 0 Å². The second-order valence-electron chi connectivity index (χ2n) is 4.60. The third-order valence-corrected chi connectivity index (χ3v) is 3.42. The van der Waals surface area contributed by atoms with Crippen LogP contribution < -0.4 is 5.32 Å². The number of carbonyl (C=O) groups is 1. The smallest absolute Gasteiger partial charge is 0.227 e. The van der Waals surface area contributed by atoms with Gasteiger partial charge in [0.1, 0.15) is 0 Å². The van der Waals surface area contributed by atoms with Gasteiger partial charge in [-0.3, -0.25) is 4.79 Å². The molecule has 0 saturated heterocycles. The average molecular weight is 233 g/mol. The van der Waals surface area contributed by atoms with Gasteiger partial charge >= 0.3 is 0 Å². The van der Waals surface area contributed by atoms with Gasteiger partial charge in [-0.2, -0.15) is 0 Å². The molecule has 2 unspecified atom stereocenters. The normalized spacial score (nSPS) is 19.1. The molecule has 0 radical (unpaired) electrons. The molecule has 92 valence electrons. The predicted molar refractivity (Wildman–Crippen MR) is 66.8 cm³/mol.